The van der Waals surface area contributed by atoms with Gasteiger partial charge < -0.3 is 21.7 Å². The van der Waals surface area contributed by atoms with Crippen molar-refractivity contribution in [3.8, 4) is 0 Å². The van der Waals surface area contributed by atoms with Gasteiger partial charge in [-0.3, -0.25) is 9.59 Å². The molecule has 1 atom stereocenters. The third-order valence-electron chi connectivity index (χ3n) is 4.21. The summed E-state index contributed by atoms with van der Waals surface area (Å²) < 4.78 is 38.5. The molecule has 2 aromatic heterocycles. The molecule has 1 saturated carbocycles. The number of amides is 2. The van der Waals surface area contributed by atoms with Gasteiger partial charge in [0.15, 0.2) is 11.5 Å². The van der Waals surface area contributed by atoms with Gasteiger partial charge in [0.25, 0.3) is 5.91 Å². The van der Waals surface area contributed by atoms with Crippen LogP contribution < -0.4 is 21.7 Å². The van der Waals surface area contributed by atoms with Crippen LogP contribution in [-0.2, 0) is 14.5 Å². The van der Waals surface area contributed by atoms with E-state index < -0.39 is 22.6 Å². The van der Waals surface area contributed by atoms with Crippen molar-refractivity contribution in [1.29, 1.82) is 0 Å². The molecule has 0 radical (unpaired) electrons. The summed E-state index contributed by atoms with van der Waals surface area (Å²) >= 11 is 0. The van der Waals surface area contributed by atoms with Crippen LogP contribution in [0.1, 0.15) is 27.4 Å². The maximum atomic E-state index is 12.9. The summed E-state index contributed by atoms with van der Waals surface area (Å²) in [6, 6.07) is 2.74. The fourth-order valence-corrected chi connectivity index (χ4v) is 3.43. The second-order valence-electron chi connectivity index (χ2n) is 6.43. The van der Waals surface area contributed by atoms with E-state index in [4.69, 9.17) is 9.85 Å². The number of nitrogen functional groups attached to an aromatic ring is 1. The zero-order valence-electron chi connectivity index (χ0n) is 18.7. The Morgan fingerprint density at radius 2 is 2.10 bits per heavy atom. The zero-order chi connectivity index (χ0) is 23.7. The van der Waals surface area contributed by atoms with E-state index in [1.54, 1.807) is 0 Å². The van der Waals surface area contributed by atoms with Crippen LogP contribution in [-0.4, -0.2) is 51.5 Å². The number of carbonyl (C=O) groups is 2. The molecule has 154 valence electrons. The highest BCUT2D eigenvalue weighted by atomic mass is 32.2. The number of carbonyl (C=O) groups excluding carboxylic acids is 2. The molecular weight excluding hydrogens is 396 g/mol. The molecule has 1 fully saturated rings. The van der Waals surface area contributed by atoms with Gasteiger partial charge >= 0.3 is 0 Å². The minimum atomic E-state index is -2.89. The quantitative estimate of drug-likeness (QED) is 0.536. The summed E-state index contributed by atoms with van der Waals surface area (Å²) in [5, 5.41) is 14.8. The number of nitrogens with zero attached hydrogens (tertiary/aromatic N) is 4. The molecule has 2 aromatic rings. The molecule has 2 heterocycles. The van der Waals surface area contributed by atoms with E-state index in [2.05, 4.69) is 30.2 Å². The Labute approximate surface area is 172 Å². The van der Waals surface area contributed by atoms with E-state index in [-0.39, 0.29) is 45.4 Å². The van der Waals surface area contributed by atoms with Gasteiger partial charge in [-0.25, -0.2) is 13.6 Å². The van der Waals surface area contributed by atoms with Crippen molar-refractivity contribution in [2.45, 2.75) is 17.7 Å². The van der Waals surface area contributed by atoms with Gasteiger partial charge in [0.1, 0.15) is 5.82 Å². The largest absolute Gasteiger partial charge is 0.397 e. The van der Waals surface area contributed by atoms with Crippen molar-refractivity contribution < 1.29 is 17.9 Å². The molecule has 11 nitrogen and oxygen atoms in total. The van der Waals surface area contributed by atoms with E-state index in [1.165, 1.54) is 31.6 Å². The highest BCUT2D eigenvalue weighted by Crippen LogP contribution is 2.31. The number of nitrogens with two attached hydrogens (primary N) is 1. The van der Waals surface area contributed by atoms with Crippen LogP contribution in [0.2, 0.25) is 0 Å². The topological polar surface area (TPSA) is 164 Å². The SMILES string of the molecule is [2H]C([2H])([2H])NC(=O)c1nnc(NC(=O)C2CC2)cc1Nc1ncc(N)cc1S(C)(=O)=NC. The lowest BCUT2D eigenvalue weighted by molar-refractivity contribution is -0.117. The Morgan fingerprint density at radius 1 is 1.34 bits per heavy atom. The van der Waals surface area contributed by atoms with E-state index in [0.717, 1.165) is 12.8 Å². The third kappa shape index (κ3) is 4.59. The molecular formula is C17H22N8O3S. The van der Waals surface area contributed by atoms with Crippen LogP contribution >= 0.6 is 0 Å². The van der Waals surface area contributed by atoms with Gasteiger partial charge in [-0.1, -0.05) is 0 Å². The first-order valence-corrected chi connectivity index (χ1v) is 10.5. The number of hydrogen-bond donors (Lipinski definition) is 4. The first-order valence-electron chi connectivity index (χ1n) is 10.0. The molecule has 0 aromatic carbocycles. The number of anilines is 4. The molecule has 1 aliphatic rings. The number of hydrogen-bond acceptors (Lipinski definition) is 9. The highest BCUT2D eigenvalue weighted by Gasteiger charge is 2.30. The molecule has 2 amide bonds. The Hall–Kier alpha value is -3.28. The molecule has 1 aliphatic carbocycles. The van der Waals surface area contributed by atoms with Crippen LogP contribution in [0.3, 0.4) is 0 Å². The minimum absolute atomic E-state index is 0.0160. The van der Waals surface area contributed by atoms with Crippen LogP contribution in [0.4, 0.5) is 23.0 Å². The first kappa shape index (κ1) is 16.7. The molecule has 0 bridgehead atoms. The monoisotopic (exact) mass is 421 g/mol. The smallest absolute Gasteiger partial charge is 0.273 e. The summed E-state index contributed by atoms with van der Waals surface area (Å²) in [4.78, 5) is 28.9. The number of pyridine rings is 1. The van der Waals surface area contributed by atoms with Crippen LogP contribution in [0.15, 0.2) is 27.6 Å². The van der Waals surface area contributed by atoms with Crippen molar-refractivity contribution in [3.63, 3.8) is 0 Å². The first-order chi connectivity index (χ1) is 14.9. The van der Waals surface area contributed by atoms with Gasteiger partial charge in [0.2, 0.25) is 5.91 Å². The zero-order valence-corrected chi connectivity index (χ0v) is 16.5. The van der Waals surface area contributed by atoms with Crippen molar-refractivity contribution in [2.24, 2.45) is 10.3 Å². The van der Waals surface area contributed by atoms with Crippen LogP contribution in [0.25, 0.3) is 0 Å². The normalized spacial score (nSPS) is 17.1. The molecule has 5 N–H and O–H groups in total. The molecule has 12 heteroatoms. The fraction of sp³-hybridized carbons (Fsp3) is 0.353. The molecule has 29 heavy (non-hydrogen) atoms. The highest BCUT2D eigenvalue weighted by molar-refractivity contribution is 7.93. The van der Waals surface area contributed by atoms with Gasteiger partial charge in [-0.15, -0.1) is 10.2 Å². The predicted molar refractivity (Wildman–Crippen MR) is 109 cm³/mol. The summed E-state index contributed by atoms with van der Waals surface area (Å²) in [6.07, 6.45) is 4.24. The molecule has 0 spiro atoms. The Morgan fingerprint density at radius 3 is 2.76 bits per heavy atom. The van der Waals surface area contributed by atoms with Gasteiger partial charge in [0, 0.05) is 36.4 Å². The van der Waals surface area contributed by atoms with E-state index in [1.807, 2.05) is 5.32 Å². The molecule has 1 unspecified atom stereocenters. The molecule has 0 saturated heterocycles. The summed E-state index contributed by atoms with van der Waals surface area (Å²) in [5.41, 5.74) is 5.64. The third-order valence-corrected chi connectivity index (χ3v) is 6.03. The molecule has 0 aliphatic heterocycles. The van der Waals surface area contributed by atoms with Gasteiger partial charge in [-0.05, 0) is 18.9 Å². The second kappa shape index (κ2) is 7.99. The fourth-order valence-electron chi connectivity index (χ4n) is 2.42. The van der Waals surface area contributed by atoms with Gasteiger partial charge in [-0.2, -0.15) is 0 Å². The lowest BCUT2D eigenvalue weighted by Crippen LogP contribution is -2.23. The summed E-state index contributed by atoms with van der Waals surface area (Å²) in [7, 11) is -1.51. The van der Waals surface area contributed by atoms with Crippen LogP contribution in [0, 0.1) is 5.92 Å². The van der Waals surface area contributed by atoms with Crippen molar-refractivity contribution >= 4 is 44.6 Å². The maximum absolute atomic E-state index is 12.9. The number of rotatable bonds is 6. The number of nitrogens with one attached hydrogen (secondary N) is 3. The Balaban J connectivity index is 2.05. The van der Waals surface area contributed by atoms with E-state index in [9.17, 15) is 13.8 Å². The molecule has 3 rings (SSSR count). The number of aromatic nitrogens is 3. The second-order valence-corrected chi connectivity index (χ2v) is 8.85. The maximum Gasteiger partial charge on any atom is 0.273 e. The van der Waals surface area contributed by atoms with Crippen molar-refractivity contribution in [1.82, 2.24) is 20.5 Å². The Kier molecular flexibility index (Phi) is 4.59. The van der Waals surface area contributed by atoms with Crippen molar-refractivity contribution in [3.05, 3.63) is 24.0 Å². The van der Waals surface area contributed by atoms with Crippen molar-refractivity contribution in [2.75, 3.05) is 36.6 Å². The lowest BCUT2D eigenvalue weighted by atomic mass is 10.2. The average molecular weight is 422 g/mol. The Bertz CT molecular complexity index is 1190. The standard InChI is InChI=1S/C17H22N8O3S/c1-19-17(27)14-11(7-13(24-25-14)23-16(26)9-4-5-9)22-15-12(29(3,28)20-2)6-10(18)8-21-15/h6-9H,4-5,18H2,1-3H3,(H,19,27)(H2,21,22,23,24,26)/i1D3. The predicted octanol–water partition coefficient (Wildman–Crippen LogP) is 0.992. The minimum Gasteiger partial charge on any atom is -0.397 e. The van der Waals surface area contributed by atoms with Crippen LogP contribution in [0.5, 0.6) is 0 Å². The summed E-state index contributed by atoms with van der Waals surface area (Å²) in [5.74, 6) is -1.27. The van der Waals surface area contributed by atoms with E-state index >= 15 is 0 Å². The summed E-state index contributed by atoms with van der Waals surface area (Å²) in [6.45, 7) is -2.77. The van der Waals surface area contributed by atoms with Gasteiger partial charge in [0.05, 0.1) is 32.2 Å². The average Bonchev–Trinajstić information content (AvgIpc) is 3.53. The lowest BCUT2D eigenvalue weighted by Gasteiger charge is -2.15. The van der Waals surface area contributed by atoms with E-state index in [0.29, 0.717) is 0 Å².